The Kier molecular flexibility index (Phi) is 3.76. The second kappa shape index (κ2) is 5.94. The van der Waals surface area contributed by atoms with Crippen LogP contribution in [0.1, 0.15) is 24.0 Å². The van der Waals surface area contributed by atoms with Gasteiger partial charge in [0.25, 0.3) is 0 Å². The summed E-state index contributed by atoms with van der Waals surface area (Å²) in [6.07, 6.45) is 1.80. The Morgan fingerprint density at radius 2 is 1.88 bits per heavy atom. The third kappa shape index (κ3) is 2.77. The fraction of sp³-hybridized carbons (Fsp3) is 0.350. The minimum atomic E-state index is -0.457. The molecule has 2 aromatic carbocycles. The van der Waals surface area contributed by atoms with Crippen molar-refractivity contribution in [3.63, 3.8) is 0 Å². The number of fused-ring (bicyclic) bond motifs is 1. The summed E-state index contributed by atoms with van der Waals surface area (Å²) in [5.41, 5.74) is 3.86. The van der Waals surface area contributed by atoms with Crippen LogP contribution in [0.15, 0.2) is 42.5 Å². The van der Waals surface area contributed by atoms with Crippen molar-refractivity contribution in [3.05, 3.63) is 53.6 Å². The number of nitriles is 1. The van der Waals surface area contributed by atoms with Crippen LogP contribution in [0.4, 0.5) is 0 Å². The maximum atomic E-state index is 9.07. The summed E-state index contributed by atoms with van der Waals surface area (Å²) in [6.45, 7) is 2.56. The summed E-state index contributed by atoms with van der Waals surface area (Å²) in [6, 6.07) is 16.0. The average Bonchev–Trinajstić information content (AvgIpc) is 2.64. The molecule has 0 radical (unpaired) electrons. The molecule has 0 aliphatic carbocycles. The molecule has 4 nitrogen and oxygen atoms in total. The van der Waals surface area contributed by atoms with Gasteiger partial charge in [-0.05, 0) is 42.4 Å². The maximum absolute atomic E-state index is 9.07. The quantitative estimate of drug-likeness (QED) is 0.806. The van der Waals surface area contributed by atoms with Gasteiger partial charge in [-0.15, -0.1) is 0 Å². The first-order chi connectivity index (χ1) is 11.7. The van der Waals surface area contributed by atoms with E-state index in [0.29, 0.717) is 12.2 Å². The van der Waals surface area contributed by atoms with Crippen LogP contribution in [0, 0.1) is 11.3 Å². The minimum Gasteiger partial charge on any atom is -0.462 e. The zero-order valence-electron chi connectivity index (χ0n) is 13.8. The molecule has 4 heteroatoms. The number of ether oxygens (including phenoxy) is 2. The van der Waals surface area contributed by atoms with Crippen LogP contribution in [0.3, 0.4) is 0 Å². The summed E-state index contributed by atoms with van der Waals surface area (Å²) in [5, 5.41) is 9.07. The molecule has 2 heterocycles. The van der Waals surface area contributed by atoms with Crippen LogP contribution in [0.2, 0.25) is 0 Å². The van der Waals surface area contributed by atoms with Crippen molar-refractivity contribution in [1.82, 2.24) is 4.90 Å². The van der Waals surface area contributed by atoms with E-state index in [4.69, 9.17) is 14.7 Å². The lowest BCUT2D eigenvalue weighted by molar-refractivity contribution is -0.226. The Balaban J connectivity index is 1.60. The molecular formula is C20H20N2O2. The first-order valence-corrected chi connectivity index (χ1v) is 8.32. The van der Waals surface area contributed by atoms with Gasteiger partial charge in [-0.1, -0.05) is 18.2 Å². The number of rotatable bonds is 1. The molecule has 1 fully saturated rings. The SMILES string of the molecule is CN1CCC2(CC1)OCc1cc(-c3cccc(C#N)c3)ccc1O2. The van der Waals surface area contributed by atoms with Crippen LogP contribution < -0.4 is 4.74 Å². The third-order valence-corrected chi connectivity index (χ3v) is 4.92. The van der Waals surface area contributed by atoms with Gasteiger partial charge in [0.05, 0.1) is 18.2 Å². The smallest absolute Gasteiger partial charge is 0.213 e. The van der Waals surface area contributed by atoms with E-state index >= 15 is 0 Å². The van der Waals surface area contributed by atoms with E-state index in [-0.39, 0.29) is 0 Å². The molecule has 0 saturated carbocycles. The molecule has 122 valence electrons. The molecule has 0 unspecified atom stereocenters. The fourth-order valence-electron chi connectivity index (χ4n) is 3.38. The van der Waals surface area contributed by atoms with E-state index in [9.17, 15) is 0 Å². The second-order valence-electron chi connectivity index (χ2n) is 6.62. The van der Waals surface area contributed by atoms with Crippen LogP contribution in [-0.4, -0.2) is 30.8 Å². The van der Waals surface area contributed by atoms with E-state index < -0.39 is 5.79 Å². The number of benzene rings is 2. The van der Waals surface area contributed by atoms with Gasteiger partial charge in [-0.25, -0.2) is 0 Å². The molecular weight excluding hydrogens is 300 g/mol. The van der Waals surface area contributed by atoms with Crippen LogP contribution in [0.25, 0.3) is 11.1 Å². The summed E-state index contributed by atoms with van der Waals surface area (Å²) < 4.78 is 12.4. The summed E-state index contributed by atoms with van der Waals surface area (Å²) >= 11 is 0. The number of hydrogen-bond donors (Lipinski definition) is 0. The van der Waals surface area contributed by atoms with Crippen molar-refractivity contribution < 1.29 is 9.47 Å². The predicted molar refractivity (Wildman–Crippen MR) is 91.5 cm³/mol. The maximum Gasteiger partial charge on any atom is 0.213 e. The first kappa shape index (κ1) is 15.2. The molecule has 2 aliphatic heterocycles. The molecule has 4 rings (SSSR count). The van der Waals surface area contributed by atoms with E-state index in [0.717, 1.165) is 48.4 Å². The summed E-state index contributed by atoms with van der Waals surface area (Å²) in [7, 11) is 2.13. The van der Waals surface area contributed by atoms with Gasteiger partial charge in [0.2, 0.25) is 5.79 Å². The Labute approximate surface area is 142 Å². The number of likely N-dealkylation sites (tertiary alicyclic amines) is 1. The van der Waals surface area contributed by atoms with Crippen molar-refractivity contribution in [1.29, 1.82) is 5.26 Å². The minimum absolute atomic E-state index is 0.457. The third-order valence-electron chi connectivity index (χ3n) is 4.92. The van der Waals surface area contributed by atoms with Gasteiger partial charge in [0.1, 0.15) is 5.75 Å². The Hall–Kier alpha value is -2.35. The van der Waals surface area contributed by atoms with Gasteiger partial charge in [0, 0.05) is 31.5 Å². The topological polar surface area (TPSA) is 45.5 Å². The van der Waals surface area contributed by atoms with Crippen LogP contribution >= 0.6 is 0 Å². The zero-order valence-corrected chi connectivity index (χ0v) is 13.8. The summed E-state index contributed by atoms with van der Waals surface area (Å²) in [4.78, 5) is 2.30. The number of hydrogen-bond acceptors (Lipinski definition) is 4. The van der Waals surface area contributed by atoms with Gasteiger partial charge in [-0.3, -0.25) is 0 Å². The second-order valence-corrected chi connectivity index (χ2v) is 6.62. The Bertz CT molecular complexity index is 802. The molecule has 1 spiro atoms. The normalized spacial score (nSPS) is 19.3. The average molecular weight is 320 g/mol. The van der Waals surface area contributed by atoms with Gasteiger partial charge >= 0.3 is 0 Å². The summed E-state index contributed by atoms with van der Waals surface area (Å²) in [5.74, 6) is 0.466. The van der Waals surface area contributed by atoms with E-state index in [1.54, 1.807) is 0 Å². The molecule has 2 aliphatic rings. The molecule has 0 atom stereocenters. The highest BCUT2D eigenvalue weighted by atomic mass is 16.7. The van der Waals surface area contributed by atoms with Gasteiger partial charge in [0.15, 0.2) is 0 Å². The largest absolute Gasteiger partial charge is 0.462 e. The van der Waals surface area contributed by atoms with Crippen molar-refractivity contribution >= 4 is 0 Å². The molecule has 24 heavy (non-hydrogen) atoms. The Morgan fingerprint density at radius 3 is 2.67 bits per heavy atom. The van der Waals surface area contributed by atoms with E-state index in [2.05, 4.69) is 30.1 Å². The van der Waals surface area contributed by atoms with E-state index in [1.165, 1.54) is 0 Å². The first-order valence-electron chi connectivity index (χ1n) is 8.32. The molecule has 0 aromatic heterocycles. The van der Waals surface area contributed by atoms with Gasteiger partial charge in [-0.2, -0.15) is 5.26 Å². The monoisotopic (exact) mass is 320 g/mol. The molecule has 0 bridgehead atoms. The van der Waals surface area contributed by atoms with E-state index in [1.807, 2.05) is 30.3 Å². The lowest BCUT2D eigenvalue weighted by Gasteiger charge is -2.43. The van der Waals surface area contributed by atoms with Crippen molar-refractivity contribution in [3.8, 4) is 22.9 Å². The number of nitrogens with zero attached hydrogens (tertiary/aromatic N) is 2. The van der Waals surface area contributed by atoms with Crippen LogP contribution in [0.5, 0.6) is 5.75 Å². The highest BCUT2D eigenvalue weighted by Crippen LogP contribution is 2.38. The number of piperidine rings is 1. The van der Waals surface area contributed by atoms with Crippen molar-refractivity contribution in [2.45, 2.75) is 25.2 Å². The lowest BCUT2D eigenvalue weighted by atomic mass is 9.98. The molecule has 0 N–H and O–H groups in total. The standard InChI is InChI=1S/C20H20N2O2/c1-22-9-7-20(8-10-22)23-14-18-12-17(5-6-19(18)24-20)16-4-2-3-15(11-16)13-21/h2-6,11-12H,7-10,14H2,1H3. The molecule has 1 saturated heterocycles. The fourth-order valence-corrected chi connectivity index (χ4v) is 3.38. The highest BCUT2D eigenvalue weighted by Gasteiger charge is 2.40. The predicted octanol–water partition coefficient (Wildman–Crippen LogP) is 3.56. The van der Waals surface area contributed by atoms with Gasteiger partial charge < -0.3 is 14.4 Å². The molecule has 2 aromatic rings. The van der Waals surface area contributed by atoms with Crippen LogP contribution in [-0.2, 0) is 11.3 Å². The highest BCUT2D eigenvalue weighted by molar-refractivity contribution is 5.67. The Morgan fingerprint density at radius 1 is 1.08 bits per heavy atom. The zero-order chi connectivity index (χ0) is 16.6. The molecule has 0 amide bonds. The van der Waals surface area contributed by atoms with Crippen molar-refractivity contribution in [2.75, 3.05) is 20.1 Å². The lowest BCUT2D eigenvalue weighted by Crippen LogP contribution is -2.50. The van der Waals surface area contributed by atoms with Crippen molar-refractivity contribution in [2.24, 2.45) is 0 Å².